The molecule has 4 aliphatic carbocycles. The maximum absolute atomic E-state index is 16.4. The first kappa shape index (κ1) is 51.7. The van der Waals surface area contributed by atoms with Gasteiger partial charge in [0.1, 0.15) is 36.6 Å². The Morgan fingerprint density at radius 3 is 1.96 bits per heavy atom. The third-order valence-corrected chi connectivity index (χ3v) is 15.7. The van der Waals surface area contributed by atoms with Crippen LogP contribution in [0.1, 0.15) is 98.2 Å². The van der Waals surface area contributed by atoms with E-state index in [1.165, 1.54) is 26.0 Å². The number of Topliss-reactive ketones (excluding diaryl/α,β-unsaturated/α-hetero) is 1. The van der Waals surface area contributed by atoms with Crippen LogP contribution in [0.15, 0.2) is 132 Å². The maximum atomic E-state index is 16.4. The van der Waals surface area contributed by atoms with Gasteiger partial charge in [0.15, 0.2) is 23.6 Å². The van der Waals surface area contributed by atoms with E-state index in [-0.39, 0.29) is 41.9 Å². The van der Waals surface area contributed by atoms with Crippen molar-refractivity contribution in [2.45, 2.75) is 121 Å². The summed E-state index contributed by atoms with van der Waals surface area (Å²) < 4.78 is 43.3. The third-order valence-electron chi connectivity index (χ3n) is 15.7. The number of carbonyl (C=O) groups is 7. The summed E-state index contributed by atoms with van der Waals surface area (Å²) in [5.41, 5.74) is -7.06. The van der Waals surface area contributed by atoms with Gasteiger partial charge in [-0.1, -0.05) is 111 Å². The minimum atomic E-state index is -2.50. The van der Waals surface area contributed by atoms with E-state index in [0.717, 1.165) is 6.92 Å². The molecule has 4 aromatic carbocycles. The average molecular weight is 1010 g/mol. The lowest BCUT2D eigenvalue weighted by atomic mass is 9.44. The summed E-state index contributed by atoms with van der Waals surface area (Å²) in [5, 5.41) is 28.9. The van der Waals surface area contributed by atoms with Gasteiger partial charge < -0.3 is 48.7 Å². The number of aliphatic hydroxyl groups excluding tert-OH is 1. The van der Waals surface area contributed by atoms with E-state index in [4.69, 9.17) is 33.2 Å². The molecule has 9 rings (SSSR count). The lowest BCUT2D eigenvalue weighted by Crippen LogP contribution is -2.82. The molecule has 74 heavy (non-hydrogen) atoms. The van der Waals surface area contributed by atoms with Crippen molar-refractivity contribution in [3.8, 4) is 0 Å². The molecule has 3 N–H and O–H groups in total. The molecule has 5 aliphatic rings. The van der Waals surface area contributed by atoms with E-state index < -0.39 is 125 Å². The fraction of sp³-hybridized carbons (Fsp3) is 0.421. The van der Waals surface area contributed by atoms with E-state index >= 15 is 4.79 Å². The molecule has 11 atom stereocenters. The van der Waals surface area contributed by atoms with E-state index in [0.29, 0.717) is 24.0 Å². The van der Waals surface area contributed by atoms with Crippen molar-refractivity contribution in [3.05, 3.63) is 155 Å². The molecule has 1 saturated heterocycles. The zero-order valence-corrected chi connectivity index (χ0v) is 41.6. The second-order valence-corrected chi connectivity index (χ2v) is 20.6. The van der Waals surface area contributed by atoms with Crippen LogP contribution in [0.3, 0.4) is 0 Å². The second kappa shape index (κ2) is 20.2. The first-order valence-electron chi connectivity index (χ1n) is 24.7. The summed E-state index contributed by atoms with van der Waals surface area (Å²) >= 11 is 0. The zero-order valence-electron chi connectivity index (χ0n) is 41.6. The van der Waals surface area contributed by atoms with Crippen molar-refractivity contribution in [1.29, 1.82) is 0 Å². The van der Waals surface area contributed by atoms with Crippen molar-refractivity contribution >= 4 is 41.7 Å². The summed E-state index contributed by atoms with van der Waals surface area (Å²) in [4.78, 5) is 101. The minimum absolute atomic E-state index is 0.0418. The highest BCUT2D eigenvalue weighted by Crippen LogP contribution is 2.65. The van der Waals surface area contributed by atoms with Crippen molar-refractivity contribution < 1.29 is 76.9 Å². The number of rotatable bonds is 14. The number of aliphatic hydroxyl groups is 2. The van der Waals surface area contributed by atoms with Crippen molar-refractivity contribution in [1.82, 2.24) is 5.32 Å². The highest BCUT2D eigenvalue weighted by atomic mass is 16.7. The highest BCUT2D eigenvalue weighted by molar-refractivity contribution is 5.96. The predicted molar refractivity (Wildman–Crippen MR) is 260 cm³/mol. The molecule has 3 saturated carbocycles. The molecule has 0 unspecified atom stereocenters. The molecule has 1 heterocycles. The normalized spacial score (nSPS) is 29.4. The van der Waals surface area contributed by atoms with Crippen LogP contribution >= 0.6 is 0 Å². The minimum Gasteiger partial charge on any atom is -0.461 e. The number of amides is 1. The number of benzene rings is 4. The van der Waals surface area contributed by atoms with Gasteiger partial charge in [0, 0.05) is 30.7 Å². The largest absolute Gasteiger partial charge is 0.509 e. The number of hydrogen-bond acceptors (Lipinski definition) is 16. The number of carbonyl (C=O) groups excluding carboxylic acids is 7. The Labute approximate surface area is 427 Å². The van der Waals surface area contributed by atoms with Crippen LogP contribution < -0.4 is 5.32 Å². The fourth-order valence-electron chi connectivity index (χ4n) is 11.6. The quantitative estimate of drug-likeness (QED) is 0.0696. The Morgan fingerprint density at radius 1 is 0.784 bits per heavy atom. The van der Waals surface area contributed by atoms with Crippen LogP contribution in [-0.2, 0) is 58.9 Å². The lowest BCUT2D eigenvalue weighted by Gasteiger charge is -2.67. The maximum Gasteiger partial charge on any atom is 0.509 e. The Hall–Kier alpha value is -7.21. The Morgan fingerprint density at radius 2 is 1.38 bits per heavy atom. The number of ether oxygens (including phenoxy) is 7. The van der Waals surface area contributed by atoms with Crippen LogP contribution in [0.2, 0.25) is 0 Å². The van der Waals surface area contributed by atoms with Gasteiger partial charge in [0.2, 0.25) is 0 Å². The van der Waals surface area contributed by atoms with Crippen LogP contribution in [0.4, 0.5) is 4.79 Å². The number of nitrogens with one attached hydrogen (secondary N) is 1. The monoisotopic (exact) mass is 1010 g/mol. The van der Waals surface area contributed by atoms with Gasteiger partial charge in [0.25, 0.3) is 5.91 Å². The topological polar surface area (TPSA) is 237 Å². The van der Waals surface area contributed by atoms with Crippen LogP contribution in [0, 0.1) is 22.7 Å². The molecule has 1 amide bonds. The molecule has 17 heteroatoms. The smallest absolute Gasteiger partial charge is 0.461 e. The number of hydrogen-bond donors (Lipinski definition) is 3. The zero-order chi connectivity index (χ0) is 52.7. The SMILES string of the molecule is CC(=O)O[C@@]12CO[C@@H]1C[C@H](OC(=O)C1CC1)[C@@]1(C)C(=O)[C@H](OC(=O)OCc3ccccc3)C3=C(C)[C@@H](OC(=O)[C@H](O)[C@@H](NC(=O)c4ccccc4)c4ccccc4)C[C@@](O)([C@@H](OC(=O)c4ccccc4)[C@H]21)C3(C)C. The van der Waals surface area contributed by atoms with E-state index in [2.05, 4.69) is 5.32 Å². The molecule has 4 aromatic rings. The first-order valence-corrected chi connectivity index (χ1v) is 24.7. The summed E-state index contributed by atoms with van der Waals surface area (Å²) in [7, 11) is 0. The molecule has 0 aromatic heterocycles. The molecule has 0 spiro atoms. The van der Waals surface area contributed by atoms with E-state index in [1.807, 2.05) is 0 Å². The Bertz CT molecular complexity index is 2840. The predicted octanol–water partition coefficient (Wildman–Crippen LogP) is 6.49. The summed E-state index contributed by atoms with van der Waals surface area (Å²) in [6, 6.07) is 31.5. The Kier molecular flexibility index (Phi) is 14.1. The van der Waals surface area contributed by atoms with Gasteiger partial charge in [-0.3, -0.25) is 19.2 Å². The molecular formula is C57H59NO16. The van der Waals surface area contributed by atoms with E-state index in [1.54, 1.807) is 123 Å². The number of fused-ring (bicyclic) bond motifs is 5. The van der Waals surface area contributed by atoms with E-state index in [9.17, 15) is 39.0 Å². The second-order valence-electron chi connectivity index (χ2n) is 20.6. The number of esters is 4. The fourth-order valence-corrected chi connectivity index (χ4v) is 11.6. The first-order chi connectivity index (χ1) is 35.3. The van der Waals surface area contributed by atoms with Crippen LogP contribution in [0.5, 0.6) is 0 Å². The molecular weight excluding hydrogens is 955 g/mol. The van der Waals surface area contributed by atoms with Gasteiger partial charge in [-0.2, -0.15) is 0 Å². The van der Waals surface area contributed by atoms with Crippen LogP contribution in [-0.4, -0.2) is 106 Å². The summed E-state index contributed by atoms with van der Waals surface area (Å²) in [6.45, 7) is 6.58. The highest BCUT2D eigenvalue weighted by Gasteiger charge is 2.79. The average Bonchev–Trinajstić information content (AvgIpc) is 4.32. The molecule has 0 radical (unpaired) electrons. The molecule has 17 nitrogen and oxygen atoms in total. The lowest BCUT2D eigenvalue weighted by molar-refractivity contribution is -0.346. The summed E-state index contributed by atoms with van der Waals surface area (Å²) in [5.74, 6) is -7.29. The van der Waals surface area contributed by atoms with Gasteiger partial charge in [0.05, 0.1) is 35.5 Å². The summed E-state index contributed by atoms with van der Waals surface area (Å²) in [6.07, 6.45) is -11.1. The standard InChI is InChI=1S/C57H59NO16/c1-32-39(70-52(65)44(60)43(35-20-12-7-13-21-35)58-49(62)36-22-14-8-15-23-36)29-57(67)48(73-51(64)37-24-16-9-17-25-37)46-55(5,40(71-50(63)38-26-27-38)28-41-56(46,31-69-41)74-33(2)59)47(61)45(42(32)54(57,3)4)72-53(66)68-30-34-18-10-6-11-19-34/h6-25,38-41,43-46,48,60,67H,26-31H2,1-5H3,(H,58,62)/t39-,40-,41+,43-,44+,45+,46-,48-,55+,56-,57+/m0/s1. The molecule has 2 bridgehead atoms. The molecule has 388 valence electrons. The van der Waals surface area contributed by atoms with Gasteiger partial charge in [-0.25, -0.2) is 14.4 Å². The number of ketones is 1. The van der Waals surface area contributed by atoms with Crippen molar-refractivity contribution in [2.75, 3.05) is 6.61 Å². The van der Waals surface area contributed by atoms with Gasteiger partial charge in [-0.05, 0) is 73.2 Å². The molecule has 1 aliphatic heterocycles. The Balaban J connectivity index is 1.21. The van der Waals surface area contributed by atoms with Crippen LogP contribution in [0.25, 0.3) is 0 Å². The van der Waals surface area contributed by atoms with Gasteiger partial charge >= 0.3 is 30.0 Å². The third kappa shape index (κ3) is 9.36. The van der Waals surface area contributed by atoms with Crippen molar-refractivity contribution in [3.63, 3.8) is 0 Å². The van der Waals surface area contributed by atoms with Crippen molar-refractivity contribution in [2.24, 2.45) is 22.7 Å². The molecule has 4 fully saturated rings. The van der Waals surface area contributed by atoms with Gasteiger partial charge in [-0.15, -0.1) is 0 Å².